The molecule has 0 amide bonds. The van der Waals surface area contributed by atoms with Crippen molar-refractivity contribution >= 4 is 11.8 Å². The van der Waals surface area contributed by atoms with Gasteiger partial charge in [0.15, 0.2) is 0 Å². The van der Waals surface area contributed by atoms with E-state index in [0.717, 1.165) is 38.3 Å². The van der Waals surface area contributed by atoms with E-state index in [1.165, 1.54) is 0 Å². The van der Waals surface area contributed by atoms with Crippen LogP contribution in [0.1, 0.15) is 37.0 Å². The Balaban J connectivity index is 1.86. The van der Waals surface area contributed by atoms with E-state index in [9.17, 15) is 4.79 Å². The molecule has 2 rings (SSSR count). The Hall–Kier alpha value is -1.62. The predicted octanol–water partition coefficient (Wildman–Crippen LogP) is 2.15. The average molecular weight is 277 g/mol. The zero-order valence-electron chi connectivity index (χ0n) is 12.3. The zero-order valence-corrected chi connectivity index (χ0v) is 12.3. The molecule has 1 aliphatic rings. The van der Waals surface area contributed by atoms with Gasteiger partial charge in [-0.25, -0.2) is 9.78 Å². The lowest BCUT2D eigenvalue weighted by Gasteiger charge is -2.31. The number of esters is 1. The molecule has 0 atom stereocenters. The molecule has 1 aromatic rings. The normalized spacial score (nSPS) is 16.9. The van der Waals surface area contributed by atoms with Gasteiger partial charge in [0.05, 0.1) is 12.2 Å². The van der Waals surface area contributed by atoms with E-state index in [0.29, 0.717) is 18.2 Å². The van der Waals surface area contributed by atoms with Crippen molar-refractivity contribution in [3.8, 4) is 0 Å². The molecule has 0 aromatic carbocycles. The third kappa shape index (κ3) is 3.93. The van der Waals surface area contributed by atoms with Crippen molar-refractivity contribution in [2.45, 2.75) is 32.7 Å². The summed E-state index contributed by atoms with van der Waals surface area (Å²) in [6.45, 7) is 7.77. The number of ether oxygens (including phenoxy) is 1. The first-order valence-electron chi connectivity index (χ1n) is 7.35. The van der Waals surface area contributed by atoms with Crippen LogP contribution in [0.3, 0.4) is 0 Å². The Morgan fingerprint density at radius 2 is 2.15 bits per heavy atom. The molecule has 0 aliphatic carbocycles. The molecule has 5 heteroatoms. The molecule has 2 heterocycles. The number of hydrogen-bond donors (Lipinski definition) is 1. The van der Waals surface area contributed by atoms with Crippen molar-refractivity contribution in [3.05, 3.63) is 23.9 Å². The summed E-state index contributed by atoms with van der Waals surface area (Å²) in [5.74, 6) is 0.510. The third-order valence-corrected chi connectivity index (χ3v) is 3.66. The van der Waals surface area contributed by atoms with Gasteiger partial charge in [-0.15, -0.1) is 0 Å². The van der Waals surface area contributed by atoms with Crippen LogP contribution >= 0.6 is 0 Å². The number of nitrogens with one attached hydrogen (secondary N) is 1. The van der Waals surface area contributed by atoms with Gasteiger partial charge in [0.1, 0.15) is 5.82 Å². The highest BCUT2D eigenvalue weighted by atomic mass is 16.5. The minimum atomic E-state index is -0.317. The molecular formula is C15H23N3O2. The lowest BCUT2D eigenvalue weighted by molar-refractivity contribution is 0.0526. The number of nitrogens with zero attached hydrogens (tertiary/aromatic N) is 2. The summed E-state index contributed by atoms with van der Waals surface area (Å²) in [4.78, 5) is 18.3. The summed E-state index contributed by atoms with van der Waals surface area (Å²) in [5.41, 5.74) is 0.498. The number of carbonyl (C=O) groups is 1. The van der Waals surface area contributed by atoms with Crippen LogP contribution in [0.25, 0.3) is 0 Å². The van der Waals surface area contributed by atoms with Crippen LogP contribution in [-0.4, -0.2) is 48.1 Å². The number of likely N-dealkylation sites (tertiary alicyclic amines) is 1. The summed E-state index contributed by atoms with van der Waals surface area (Å²) in [5, 5.41) is 3.43. The molecule has 1 aliphatic heterocycles. The second-order valence-corrected chi connectivity index (χ2v) is 5.01. The molecule has 0 unspecified atom stereocenters. The van der Waals surface area contributed by atoms with Crippen molar-refractivity contribution in [1.29, 1.82) is 0 Å². The van der Waals surface area contributed by atoms with Gasteiger partial charge in [-0.1, -0.05) is 6.92 Å². The maximum atomic E-state index is 11.5. The Labute approximate surface area is 120 Å². The Morgan fingerprint density at radius 3 is 2.70 bits per heavy atom. The maximum absolute atomic E-state index is 11.5. The van der Waals surface area contributed by atoms with Gasteiger partial charge in [-0.3, -0.25) is 0 Å². The number of piperidine rings is 1. The average Bonchev–Trinajstić information content (AvgIpc) is 2.49. The maximum Gasteiger partial charge on any atom is 0.339 e. The molecule has 1 N–H and O–H groups in total. The second-order valence-electron chi connectivity index (χ2n) is 5.01. The van der Waals surface area contributed by atoms with Gasteiger partial charge >= 0.3 is 5.97 Å². The van der Waals surface area contributed by atoms with Crippen LogP contribution in [0.4, 0.5) is 5.82 Å². The topological polar surface area (TPSA) is 54.5 Å². The molecule has 1 saturated heterocycles. The molecule has 0 saturated carbocycles. The molecule has 0 bridgehead atoms. The van der Waals surface area contributed by atoms with Crippen LogP contribution in [0.2, 0.25) is 0 Å². The van der Waals surface area contributed by atoms with Crippen LogP contribution in [-0.2, 0) is 4.74 Å². The highest BCUT2D eigenvalue weighted by molar-refractivity contribution is 5.89. The monoisotopic (exact) mass is 277 g/mol. The van der Waals surface area contributed by atoms with Gasteiger partial charge in [-0.2, -0.15) is 0 Å². The van der Waals surface area contributed by atoms with E-state index in [1.807, 2.05) is 6.07 Å². The van der Waals surface area contributed by atoms with E-state index in [1.54, 1.807) is 19.2 Å². The van der Waals surface area contributed by atoms with Crippen molar-refractivity contribution < 1.29 is 9.53 Å². The number of aromatic nitrogens is 1. The first-order chi connectivity index (χ1) is 9.72. The van der Waals surface area contributed by atoms with Crippen molar-refractivity contribution in [2.24, 2.45) is 0 Å². The van der Waals surface area contributed by atoms with Crippen LogP contribution in [0.15, 0.2) is 18.3 Å². The smallest absolute Gasteiger partial charge is 0.339 e. The number of pyridine rings is 1. The zero-order chi connectivity index (χ0) is 14.4. The molecule has 1 aromatic heterocycles. The second kappa shape index (κ2) is 7.24. The van der Waals surface area contributed by atoms with Gasteiger partial charge < -0.3 is 15.0 Å². The lowest BCUT2D eigenvalue weighted by atomic mass is 10.1. The summed E-state index contributed by atoms with van der Waals surface area (Å²) in [6.07, 6.45) is 3.84. The molecule has 0 spiro atoms. The largest absolute Gasteiger partial charge is 0.462 e. The summed E-state index contributed by atoms with van der Waals surface area (Å²) >= 11 is 0. The van der Waals surface area contributed by atoms with E-state index in [2.05, 4.69) is 22.1 Å². The summed E-state index contributed by atoms with van der Waals surface area (Å²) < 4.78 is 4.94. The Kier molecular flexibility index (Phi) is 5.35. The van der Waals surface area contributed by atoms with Gasteiger partial charge in [0.2, 0.25) is 0 Å². The number of anilines is 1. The molecule has 1 fully saturated rings. The third-order valence-electron chi connectivity index (χ3n) is 3.66. The van der Waals surface area contributed by atoms with E-state index in [-0.39, 0.29) is 5.97 Å². The molecule has 20 heavy (non-hydrogen) atoms. The van der Waals surface area contributed by atoms with Crippen molar-refractivity contribution in [3.63, 3.8) is 0 Å². The van der Waals surface area contributed by atoms with Crippen molar-refractivity contribution in [2.75, 3.05) is 31.6 Å². The number of carbonyl (C=O) groups excluding carboxylic acids is 1. The van der Waals surface area contributed by atoms with Gasteiger partial charge in [0.25, 0.3) is 0 Å². The van der Waals surface area contributed by atoms with E-state index < -0.39 is 0 Å². The highest BCUT2D eigenvalue weighted by Crippen LogP contribution is 2.15. The fourth-order valence-corrected chi connectivity index (χ4v) is 2.42. The molecule has 110 valence electrons. The minimum absolute atomic E-state index is 0.317. The van der Waals surface area contributed by atoms with Crippen LogP contribution < -0.4 is 5.32 Å². The van der Waals surface area contributed by atoms with Gasteiger partial charge in [-0.05, 0) is 38.4 Å². The van der Waals surface area contributed by atoms with Crippen molar-refractivity contribution in [1.82, 2.24) is 9.88 Å². The van der Waals surface area contributed by atoms with E-state index in [4.69, 9.17) is 4.74 Å². The summed E-state index contributed by atoms with van der Waals surface area (Å²) in [6, 6.07) is 4.08. The lowest BCUT2D eigenvalue weighted by Crippen LogP contribution is -2.38. The minimum Gasteiger partial charge on any atom is -0.462 e. The Bertz CT molecular complexity index is 425. The SMILES string of the molecule is CCOC(=O)c1ccc(NC2CCN(CC)CC2)nc1. The standard InChI is InChI=1S/C15H23N3O2/c1-3-18-9-7-13(8-10-18)17-14-6-5-12(11-16-14)15(19)20-4-2/h5-6,11,13H,3-4,7-10H2,1-2H3,(H,16,17). The fraction of sp³-hybridized carbons (Fsp3) is 0.600. The molecular weight excluding hydrogens is 254 g/mol. The predicted molar refractivity (Wildman–Crippen MR) is 79.0 cm³/mol. The van der Waals surface area contributed by atoms with E-state index >= 15 is 0 Å². The summed E-state index contributed by atoms with van der Waals surface area (Å²) in [7, 11) is 0. The molecule has 0 radical (unpaired) electrons. The first-order valence-corrected chi connectivity index (χ1v) is 7.35. The first kappa shape index (κ1) is 14.8. The Morgan fingerprint density at radius 1 is 1.40 bits per heavy atom. The quantitative estimate of drug-likeness (QED) is 0.836. The van der Waals surface area contributed by atoms with Crippen LogP contribution in [0, 0.1) is 0 Å². The fourth-order valence-electron chi connectivity index (χ4n) is 2.42. The highest BCUT2D eigenvalue weighted by Gasteiger charge is 2.18. The molecule has 5 nitrogen and oxygen atoms in total. The number of rotatable bonds is 5. The van der Waals surface area contributed by atoms with Crippen LogP contribution in [0.5, 0.6) is 0 Å². The van der Waals surface area contributed by atoms with Gasteiger partial charge in [0, 0.05) is 25.3 Å². The number of hydrogen-bond acceptors (Lipinski definition) is 5.